The highest BCUT2D eigenvalue weighted by molar-refractivity contribution is 7.19. The Hall–Kier alpha value is -1.22. The Bertz CT molecular complexity index is 1300. The lowest BCUT2D eigenvalue weighted by Gasteiger charge is -2.57. The molecule has 0 aliphatic rings. The van der Waals surface area contributed by atoms with Gasteiger partial charge in [-0.15, -0.1) is 18.5 Å². The Morgan fingerprint density at radius 3 is 1.36 bits per heavy atom. The lowest BCUT2D eigenvalue weighted by Crippen LogP contribution is -2.51. The maximum atomic E-state index is 3.40. The van der Waals surface area contributed by atoms with Gasteiger partial charge in [-0.2, -0.15) is 0 Å². The molecule has 0 saturated heterocycles. The van der Waals surface area contributed by atoms with Crippen molar-refractivity contribution in [3.8, 4) is 0 Å². The van der Waals surface area contributed by atoms with Crippen molar-refractivity contribution in [3.63, 3.8) is 0 Å². The second-order valence-electron chi connectivity index (χ2n) is 16.5. The normalized spacial score (nSPS) is 14.7. The molecule has 0 bridgehead atoms. The monoisotopic (exact) mass is 562 g/mol. The largest absolute Gasteiger partial charge is 0.125 e. The van der Waals surface area contributed by atoms with E-state index >= 15 is 0 Å². The highest BCUT2D eigenvalue weighted by Crippen LogP contribution is 2.65. The van der Waals surface area contributed by atoms with Crippen molar-refractivity contribution in [3.05, 3.63) is 82.9 Å². The summed E-state index contributed by atoms with van der Waals surface area (Å²) in [7, 11) is 6.78. The molecular formula is C37H56P2. The van der Waals surface area contributed by atoms with Gasteiger partial charge in [-0.25, -0.2) is 0 Å². The summed E-state index contributed by atoms with van der Waals surface area (Å²) in [6, 6.07) is 23.1. The zero-order chi connectivity index (χ0) is 30.0. The molecule has 3 rings (SSSR count). The van der Waals surface area contributed by atoms with E-state index in [1.54, 1.807) is 0 Å². The average Bonchev–Trinajstić information content (AvgIpc) is 2.79. The second-order valence-corrected chi connectivity index (χ2v) is 18.3. The summed E-state index contributed by atoms with van der Waals surface area (Å²) in [4.78, 5) is 0. The smallest absolute Gasteiger partial charge is 0.0197 e. The molecule has 0 aromatic heterocycles. The van der Waals surface area contributed by atoms with Crippen LogP contribution in [0.3, 0.4) is 0 Å². The summed E-state index contributed by atoms with van der Waals surface area (Å²) in [6.45, 7) is 33.7. The third-order valence-electron chi connectivity index (χ3n) is 9.79. The van der Waals surface area contributed by atoms with Crippen molar-refractivity contribution in [1.82, 2.24) is 0 Å². The molecule has 39 heavy (non-hydrogen) atoms. The van der Waals surface area contributed by atoms with Gasteiger partial charge in [-0.05, 0) is 54.7 Å². The SMILES string of the molecule is CC(C)(c1ccc(C(P)(C(C)(C)C)C(C)(C)C)c(C(P)(C(C)(C)C)C(C)(C)C)c1)c1cccc2ccccc12. The summed E-state index contributed by atoms with van der Waals surface area (Å²) in [5.41, 5.74) is 5.56. The third-order valence-corrected chi connectivity index (χ3v) is 13.9. The topological polar surface area (TPSA) is 0 Å². The Morgan fingerprint density at radius 2 is 0.872 bits per heavy atom. The summed E-state index contributed by atoms with van der Waals surface area (Å²) >= 11 is 0. The molecule has 3 aromatic rings. The van der Waals surface area contributed by atoms with Crippen LogP contribution in [0.4, 0.5) is 0 Å². The van der Waals surface area contributed by atoms with Crippen molar-refractivity contribution in [1.29, 1.82) is 0 Å². The van der Waals surface area contributed by atoms with Crippen molar-refractivity contribution in [2.75, 3.05) is 0 Å². The fraction of sp³-hybridized carbons (Fsp3) is 0.568. The van der Waals surface area contributed by atoms with Gasteiger partial charge in [-0.3, -0.25) is 0 Å². The first-order valence-corrected chi connectivity index (χ1v) is 15.8. The summed E-state index contributed by atoms with van der Waals surface area (Å²) in [6.07, 6.45) is 0. The van der Waals surface area contributed by atoms with Crippen LogP contribution >= 0.6 is 18.5 Å². The van der Waals surface area contributed by atoms with E-state index in [1.807, 2.05) is 0 Å². The van der Waals surface area contributed by atoms with E-state index in [2.05, 4.69) is 176 Å². The number of benzene rings is 3. The minimum atomic E-state index is -0.168. The molecule has 0 saturated carbocycles. The minimum absolute atomic E-state index is 0.00816. The second kappa shape index (κ2) is 9.95. The summed E-state index contributed by atoms with van der Waals surface area (Å²) in [5.74, 6) is 0. The molecular weight excluding hydrogens is 506 g/mol. The Morgan fingerprint density at radius 1 is 0.436 bits per heavy atom. The third kappa shape index (κ3) is 5.17. The fourth-order valence-corrected chi connectivity index (χ4v) is 7.89. The Labute approximate surface area is 245 Å². The number of rotatable bonds is 4. The highest BCUT2D eigenvalue weighted by Gasteiger charge is 2.55. The summed E-state index contributed by atoms with van der Waals surface area (Å²) in [5, 5.41) is 2.33. The van der Waals surface area contributed by atoms with Crippen molar-refractivity contribution < 1.29 is 0 Å². The minimum Gasteiger partial charge on any atom is -0.125 e. The molecule has 214 valence electrons. The fourth-order valence-electron chi connectivity index (χ4n) is 7.40. The van der Waals surface area contributed by atoms with E-state index in [1.165, 1.54) is 33.0 Å². The van der Waals surface area contributed by atoms with Gasteiger partial charge in [0.1, 0.15) is 0 Å². The van der Waals surface area contributed by atoms with Crippen molar-refractivity contribution >= 4 is 29.3 Å². The van der Waals surface area contributed by atoms with Gasteiger partial charge in [-0.1, -0.05) is 158 Å². The predicted molar refractivity (Wildman–Crippen MR) is 183 cm³/mol. The zero-order valence-corrected chi connectivity index (χ0v) is 29.7. The number of hydrogen-bond donors (Lipinski definition) is 0. The maximum absolute atomic E-state index is 3.40. The maximum Gasteiger partial charge on any atom is 0.0197 e. The van der Waals surface area contributed by atoms with E-state index in [4.69, 9.17) is 0 Å². The van der Waals surface area contributed by atoms with Crippen LogP contribution < -0.4 is 0 Å². The predicted octanol–water partition coefficient (Wildman–Crippen LogP) is 11.5. The van der Waals surface area contributed by atoms with E-state index in [0.717, 1.165) is 0 Å². The van der Waals surface area contributed by atoms with Crippen LogP contribution in [0, 0.1) is 21.7 Å². The molecule has 0 heterocycles. The van der Waals surface area contributed by atoms with E-state index in [0.29, 0.717) is 0 Å². The first-order chi connectivity index (χ1) is 17.4. The van der Waals surface area contributed by atoms with Crippen molar-refractivity contribution in [2.45, 2.75) is 113 Å². The molecule has 0 spiro atoms. The van der Waals surface area contributed by atoms with Crippen LogP contribution in [0.15, 0.2) is 60.7 Å². The van der Waals surface area contributed by atoms with Crippen LogP contribution in [0.5, 0.6) is 0 Å². The standard InChI is InChI=1S/C37H56P2/c1-31(2,3)36(38,32(4,5)6)29-23-22-26(24-30(29)37(39,33(7,8)9)34(10,11)12)35(13,14)28-21-17-19-25-18-15-16-20-27(25)28/h15-24H,38-39H2,1-14H3. The van der Waals surface area contributed by atoms with Gasteiger partial charge in [0.15, 0.2) is 0 Å². The number of hydrogen-bond acceptors (Lipinski definition) is 0. The molecule has 3 aromatic carbocycles. The van der Waals surface area contributed by atoms with Crippen LogP contribution in [0.1, 0.15) is 119 Å². The lowest BCUT2D eigenvalue weighted by atomic mass is 9.56. The van der Waals surface area contributed by atoms with Gasteiger partial charge < -0.3 is 0 Å². The number of fused-ring (bicyclic) bond motifs is 1. The van der Waals surface area contributed by atoms with Gasteiger partial charge in [0.2, 0.25) is 0 Å². The molecule has 0 aliphatic carbocycles. The molecule has 2 heteroatoms. The zero-order valence-electron chi connectivity index (χ0n) is 27.4. The Kier molecular flexibility index (Phi) is 8.24. The molecule has 0 aliphatic heterocycles. The van der Waals surface area contributed by atoms with Crippen LogP contribution in [0.2, 0.25) is 0 Å². The molecule has 0 radical (unpaired) electrons. The first kappa shape index (κ1) is 32.3. The Balaban J connectivity index is 2.51. The first-order valence-electron chi connectivity index (χ1n) is 14.6. The molecule has 0 nitrogen and oxygen atoms in total. The average molecular weight is 563 g/mol. The van der Waals surface area contributed by atoms with Crippen LogP contribution in [0.25, 0.3) is 10.8 Å². The van der Waals surface area contributed by atoms with E-state index in [9.17, 15) is 0 Å². The summed E-state index contributed by atoms with van der Waals surface area (Å²) < 4.78 is 0. The van der Waals surface area contributed by atoms with Gasteiger partial charge in [0, 0.05) is 15.7 Å². The van der Waals surface area contributed by atoms with Crippen LogP contribution in [-0.2, 0) is 15.7 Å². The van der Waals surface area contributed by atoms with Gasteiger partial charge >= 0.3 is 0 Å². The van der Waals surface area contributed by atoms with E-state index in [-0.39, 0.29) is 37.4 Å². The molecule has 0 amide bonds. The van der Waals surface area contributed by atoms with E-state index < -0.39 is 0 Å². The lowest BCUT2D eigenvalue weighted by molar-refractivity contribution is 0.118. The van der Waals surface area contributed by atoms with Crippen LogP contribution in [-0.4, -0.2) is 0 Å². The van der Waals surface area contributed by atoms with Crippen molar-refractivity contribution in [2.24, 2.45) is 21.7 Å². The molecule has 2 unspecified atom stereocenters. The van der Waals surface area contributed by atoms with Gasteiger partial charge in [0.05, 0.1) is 0 Å². The molecule has 0 N–H and O–H groups in total. The highest BCUT2D eigenvalue weighted by atomic mass is 31.0. The van der Waals surface area contributed by atoms with Gasteiger partial charge in [0.25, 0.3) is 0 Å². The molecule has 0 fully saturated rings. The molecule has 2 atom stereocenters. The quantitative estimate of drug-likeness (QED) is 0.277.